The summed E-state index contributed by atoms with van der Waals surface area (Å²) in [4.78, 5) is 0. The van der Waals surface area contributed by atoms with Gasteiger partial charge in [0, 0.05) is 0 Å². The summed E-state index contributed by atoms with van der Waals surface area (Å²) in [6, 6.07) is 0. The van der Waals surface area contributed by atoms with Crippen LogP contribution < -0.4 is 5.73 Å². The van der Waals surface area contributed by atoms with Crippen LogP contribution in [0.15, 0.2) is 0 Å². The predicted molar refractivity (Wildman–Crippen MR) is 54.0 cm³/mol. The topological polar surface area (TPSA) is 26.0 Å². The van der Waals surface area contributed by atoms with Crippen LogP contribution in [0.2, 0.25) is 0 Å². The number of hydrogen-bond acceptors (Lipinski definition) is 1. The van der Waals surface area contributed by atoms with Crippen molar-refractivity contribution in [3.05, 3.63) is 0 Å². The molecule has 1 rings (SSSR count). The molecule has 0 aromatic carbocycles. The average molecular weight is 169 g/mol. The Morgan fingerprint density at radius 3 is 2.25 bits per heavy atom. The van der Waals surface area contributed by atoms with E-state index in [1.807, 2.05) is 0 Å². The zero-order valence-corrected chi connectivity index (χ0v) is 8.60. The maximum Gasteiger partial charge on any atom is -0.00180 e. The summed E-state index contributed by atoms with van der Waals surface area (Å²) in [5, 5.41) is 0. The van der Waals surface area contributed by atoms with E-state index in [-0.39, 0.29) is 0 Å². The second-order valence-electron chi connectivity index (χ2n) is 4.44. The van der Waals surface area contributed by atoms with Gasteiger partial charge in [0.1, 0.15) is 0 Å². The van der Waals surface area contributed by atoms with Crippen molar-refractivity contribution in [3.63, 3.8) is 0 Å². The third-order valence-electron chi connectivity index (χ3n) is 3.91. The van der Waals surface area contributed by atoms with Gasteiger partial charge in [0.2, 0.25) is 0 Å². The normalized spacial score (nSPS) is 25.2. The third-order valence-corrected chi connectivity index (χ3v) is 3.91. The maximum atomic E-state index is 5.91. The lowest BCUT2D eigenvalue weighted by Crippen LogP contribution is -2.38. The second-order valence-corrected chi connectivity index (χ2v) is 4.44. The van der Waals surface area contributed by atoms with Crippen LogP contribution >= 0.6 is 0 Å². The van der Waals surface area contributed by atoms with E-state index in [1.54, 1.807) is 0 Å². The summed E-state index contributed by atoms with van der Waals surface area (Å²) in [5.74, 6) is 0.822. The van der Waals surface area contributed by atoms with Crippen molar-refractivity contribution in [3.8, 4) is 0 Å². The minimum absolute atomic E-state index is 0.507. The van der Waals surface area contributed by atoms with Crippen molar-refractivity contribution in [2.24, 2.45) is 17.1 Å². The van der Waals surface area contributed by atoms with Gasteiger partial charge in [-0.3, -0.25) is 0 Å². The van der Waals surface area contributed by atoms with Gasteiger partial charge < -0.3 is 5.73 Å². The fourth-order valence-electron chi connectivity index (χ4n) is 2.59. The van der Waals surface area contributed by atoms with Crippen LogP contribution in [-0.2, 0) is 0 Å². The lowest BCUT2D eigenvalue weighted by atomic mass is 9.66. The maximum absolute atomic E-state index is 5.91. The average Bonchev–Trinajstić information content (AvgIpc) is 2.17. The molecular weight excluding hydrogens is 146 g/mol. The molecule has 0 heterocycles. The number of hydrogen-bond donors (Lipinski definition) is 1. The Bertz CT molecular complexity index is 125. The zero-order valence-electron chi connectivity index (χ0n) is 8.60. The van der Waals surface area contributed by atoms with Gasteiger partial charge in [0.05, 0.1) is 0 Å². The summed E-state index contributed by atoms with van der Waals surface area (Å²) in [5.41, 5.74) is 6.42. The largest absolute Gasteiger partial charge is 0.330 e. The molecule has 1 heteroatoms. The van der Waals surface area contributed by atoms with Crippen LogP contribution in [0.25, 0.3) is 0 Å². The van der Waals surface area contributed by atoms with Crippen LogP contribution in [-0.4, -0.2) is 6.54 Å². The number of rotatable bonds is 3. The van der Waals surface area contributed by atoms with Gasteiger partial charge in [-0.25, -0.2) is 0 Å². The highest BCUT2D eigenvalue weighted by atomic mass is 14.6. The first-order valence-electron chi connectivity index (χ1n) is 5.45. The zero-order chi connectivity index (χ0) is 9.03. The lowest BCUT2D eigenvalue weighted by molar-refractivity contribution is 0.114. The first kappa shape index (κ1) is 10.0. The summed E-state index contributed by atoms with van der Waals surface area (Å²) in [6.45, 7) is 5.57. The molecule has 0 radical (unpaired) electrons. The molecule has 1 aliphatic carbocycles. The molecule has 1 atom stereocenters. The Balaban J connectivity index is 2.59. The fraction of sp³-hybridized carbons (Fsp3) is 1.00. The van der Waals surface area contributed by atoms with Crippen LogP contribution in [0.1, 0.15) is 52.4 Å². The SMILES string of the molecule is CCC(C)C1(CN)CCCCC1. The third kappa shape index (κ3) is 1.82. The molecule has 0 spiro atoms. The van der Waals surface area contributed by atoms with Crippen molar-refractivity contribution in [1.82, 2.24) is 0 Å². The smallest absolute Gasteiger partial charge is 0.00180 e. The summed E-state index contributed by atoms with van der Waals surface area (Å²) in [7, 11) is 0. The molecular formula is C11H23N. The minimum atomic E-state index is 0.507. The molecule has 0 bridgehead atoms. The second kappa shape index (κ2) is 4.27. The molecule has 0 aromatic rings. The molecule has 0 aromatic heterocycles. The minimum Gasteiger partial charge on any atom is -0.330 e. The van der Waals surface area contributed by atoms with E-state index in [0.29, 0.717) is 5.41 Å². The predicted octanol–water partition coefficient (Wildman–Crippen LogP) is 2.94. The van der Waals surface area contributed by atoms with Crippen molar-refractivity contribution in [2.45, 2.75) is 52.4 Å². The van der Waals surface area contributed by atoms with Crippen LogP contribution in [0, 0.1) is 11.3 Å². The molecule has 1 unspecified atom stereocenters. The van der Waals surface area contributed by atoms with E-state index in [9.17, 15) is 0 Å². The lowest BCUT2D eigenvalue weighted by Gasteiger charge is -2.41. The Hall–Kier alpha value is -0.0400. The van der Waals surface area contributed by atoms with Crippen molar-refractivity contribution < 1.29 is 0 Å². The highest BCUT2D eigenvalue weighted by Gasteiger charge is 2.34. The Morgan fingerprint density at radius 1 is 1.25 bits per heavy atom. The van der Waals surface area contributed by atoms with E-state index in [1.165, 1.54) is 38.5 Å². The Morgan fingerprint density at radius 2 is 1.83 bits per heavy atom. The van der Waals surface area contributed by atoms with Gasteiger partial charge in [-0.1, -0.05) is 39.5 Å². The first-order valence-corrected chi connectivity index (χ1v) is 5.45. The summed E-state index contributed by atoms with van der Waals surface area (Å²) >= 11 is 0. The highest BCUT2D eigenvalue weighted by molar-refractivity contribution is 4.87. The summed E-state index contributed by atoms with van der Waals surface area (Å²) < 4.78 is 0. The Labute approximate surface area is 76.7 Å². The van der Waals surface area contributed by atoms with E-state index in [2.05, 4.69) is 13.8 Å². The van der Waals surface area contributed by atoms with Gasteiger partial charge in [-0.15, -0.1) is 0 Å². The molecule has 0 aliphatic heterocycles. The molecule has 1 aliphatic rings. The highest BCUT2D eigenvalue weighted by Crippen LogP contribution is 2.42. The molecule has 72 valence electrons. The van der Waals surface area contributed by atoms with Crippen molar-refractivity contribution in [1.29, 1.82) is 0 Å². The van der Waals surface area contributed by atoms with Gasteiger partial charge >= 0.3 is 0 Å². The van der Waals surface area contributed by atoms with Gasteiger partial charge in [0.25, 0.3) is 0 Å². The molecule has 0 saturated heterocycles. The number of nitrogens with two attached hydrogens (primary N) is 1. The molecule has 2 N–H and O–H groups in total. The van der Waals surface area contributed by atoms with E-state index >= 15 is 0 Å². The van der Waals surface area contributed by atoms with Gasteiger partial charge in [-0.05, 0) is 30.7 Å². The molecule has 0 amide bonds. The molecule has 1 nitrogen and oxygen atoms in total. The quantitative estimate of drug-likeness (QED) is 0.690. The van der Waals surface area contributed by atoms with E-state index in [0.717, 1.165) is 12.5 Å². The van der Waals surface area contributed by atoms with Gasteiger partial charge in [0.15, 0.2) is 0 Å². The fourth-order valence-corrected chi connectivity index (χ4v) is 2.59. The van der Waals surface area contributed by atoms with Crippen molar-refractivity contribution >= 4 is 0 Å². The Kier molecular flexibility index (Phi) is 3.57. The van der Waals surface area contributed by atoms with E-state index < -0.39 is 0 Å². The molecule has 1 fully saturated rings. The van der Waals surface area contributed by atoms with Crippen molar-refractivity contribution in [2.75, 3.05) is 6.54 Å². The first-order chi connectivity index (χ1) is 5.75. The van der Waals surface area contributed by atoms with Gasteiger partial charge in [-0.2, -0.15) is 0 Å². The summed E-state index contributed by atoms with van der Waals surface area (Å²) in [6.07, 6.45) is 8.27. The monoisotopic (exact) mass is 169 g/mol. The molecule has 1 saturated carbocycles. The molecule has 12 heavy (non-hydrogen) atoms. The van der Waals surface area contributed by atoms with E-state index in [4.69, 9.17) is 5.73 Å². The van der Waals surface area contributed by atoms with Crippen LogP contribution in [0.3, 0.4) is 0 Å². The van der Waals surface area contributed by atoms with Crippen LogP contribution in [0.5, 0.6) is 0 Å². The van der Waals surface area contributed by atoms with Crippen LogP contribution in [0.4, 0.5) is 0 Å². The standard InChI is InChI=1S/C11H23N/c1-3-10(2)11(9-12)7-5-4-6-8-11/h10H,3-9,12H2,1-2H3.